The lowest BCUT2D eigenvalue weighted by Gasteiger charge is -2.10. The summed E-state index contributed by atoms with van der Waals surface area (Å²) in [6.07, 6.45) is 1.38. The second-order valence-corrected chi connectivity index (χ2v) is 10.5. The third-order valence-electron chi connectivity index (χ3n) is 4.81. The molecule has 0 fully saturated rings. The Morgan fingerprint density at radius 1 is 1.14 bits per heavy atom. The predicted molar refractivity (Wildman–Crippen MR) is 147 cm³/mol. The van der Waals surface area contributed by atoms with Crippen LogP contribution in [-0.2, 0) is 4.79 Å². The van der Waals surface area contributed by atoms with Gasteiger partial charge in [-0.25, -0.2) is 5.43 Å². The van der Waals surface area contributed by atoms with Crippen LogP contribution in [0.25, 0.3) is 17.1 Å². The highest BCUT2D eigenvalue weighted by atomic mass is 79.9. The Morgan fingerprint density at radius 2 is 1.86 bits per heavy atom. The van der Waals surface area contributed by atoms with Gasteiger partial charge in [0.15, 0.2) is 11.0 Å². The van der Waals surface area contributed by atoms with Gasteiger partial charge < -0.3 is 5.11 Å². The molecule has 178 valence electrons. The van der Waals surface area contributed by atoms with Crippen LogP contribution in [0.15, 0.2) is 79.9 Å². The highest BCUT2D eigenvalue weighted by Crippen LogP contribution is 2.31. The molecule has 0 unspecified atom stereocenters. The van der Waals surface area contributed by atoms with E-state index in [1.807, 2.05) is 47.9 Å². The number of aromatic nitrogens is 3. The Hall–Kier alpha value is -2.66. The number of aryl methyl sites for hydroxylation is 1. The van der Waals surface area contributed by atoms with Crippen LogP contribution < -0.4 is 5.43 Å². The van der Waals surface area contributed by atoms with Gasteiger partial charge in [0, 0.05) is 26.3 Å². The van der Waals surface area contributed by atoms with Crippen LogP contribution in [0.4, 0.5) is 0 Å². The van der Waals surface area contributed by atoms with Crippen molar-refractivity contribution < 1.29 is 9.90 Å². The molecule has 0 saturated heterocycles. The molecule has 11 heteroatoms. The number of phenols is 1. The Morgan fingerprint density at radius 3 is 2.57 bits per heavy atom. The molecule has 0 radical (unpaired) electrons. The summed E-state index contributed by atoms with van der Waals surface area (Å²) in [6.45, 7) is 2.02. The van der Waals surface area contributed by atoms with Gasteiger partial charge in [-0.05, 0) is 71.4 Å². The zero-order valence-corrected chi connectivity index (χ0v) is 23.0. The van der Waals surface area contributed by atoms with Gasteiger partial charge in [-0.15, -0.1) is 10.2 Å². The number of benzene rings is 3. The van der Waals surface area contributed by atoms with Crippen molar-refractivity contribution in [2.45, 2.75) is 12.1 Å². The van der Waals surface area contributed by atoms with Gasteiger partial charge >= 0.3 is 0 Å². The second-order valence-electron chi connectivity index (χ2n) is 7.39. The van der Waals surface area contributed by atoms with Crippen LogP contribution in [-0.4, -0.2) is 37.7 Å². The van der Waals surface area contributed by atoms with E-state index in [4.69, 9.17) is 11.6 Å². The number of halogens is 3. The molecule has 4 rings (SSSR count). The van der Waals surface area contributed by atoms with Gasteiger partial charge in [-0.2, -0.15) is 5.10 Å². The van der Waals surface area contributed by atoms with Crippen molar-refractivity contribution in [1.29, 1.82) is 0 Å². The number of aromatic hydroxyl groups is 1. The fourth-order valence-electron chi connectivity index (χ4n) is 3.10. The first-order valence-electron chi connectivity index (χ1n) is 10.2. The minimum atomic E-state index is -0.327. The number of carbonyl (C=O) groups excluding carboxylic acids is 1. The molecule has 0 aliphatic heterocycles. The SMILES string of the molecule is Cc1ccc(-n2c(SCC(=O)N/N=C\c3cc(Br)cc(Br)c3O)nnc2-c2ccc(Cl)cc2)cc1. The second kappa shape index (κ2) is 11.4. The molecular weight excluding hydrogens is 618 g/mol. The molecule has 1 heterocycles. The summed E-state index contributed by atoms with van der Waals surface area (Å²) in [5.74, 6) is 0.408. The Bertz CT molecular complexity index is 1390. The van der Waals surface area contributed by atoms with E-state index < -0.39 is 0 Å². The van der Waals surface area contributed by atoms with Crippen molar-refractivity contribution in [3.63, 3.8) is 0 Å². The molecule has 0 saturated carbocycles. The van der Waals surface area contributed by atoms with Crippen LogP contribution >= 0.6 is 55.2 Å². The van der Waals surface area contributed by atoms with Crippen molar-refractivity contribution in [2.24, 2.45) is 5.10 Å². The minimum Gasteiger partial charge on any atom is -0.506 e. The topological polar surface area (TPSA) is 92.4 Å². The monoisotopic (exact) mass is 633 g/mol. The number of hydrogen-bond acceptors (Lipinski definition) is 6. The minimum absolute atomic E-state index is 0.0292. The Kier molecular flexibility index (Phi) is 8.27. The maximum absolute atomic E-state index is 12.4. The molecule has 0 atom stereocenters. The average molecular weight is 636 g/mol. The number of nitrogens with zero attached hydrogens (tertiary/aromatic N) is 4. The highest BCUT2D eigenvalue weighted by molar-refractivity contribution is 9.11. The summed E-state index contributed by atoms with van der Waals surface area (Å²) < 4.78 is 3.18. The fraction of sp³-hybridized carbons (Fsp3) is 0.0833. The van der Waals surface area contributed by atoms with Crippen LogP contribution in [0, 0.1) is 6.92 Å². The standard InChI is InChI=1S/C24H18Br2ClN5O2S/c1-14-2-8-19(9-3-14)32-23(15-4-6-18(27)7-5-15)30-31-24(32)35-13-21(33)29-28-12-16-10-17(25)11-20(26)22(16)34/h2-12,34H,13H2,1H3,(H,29,33)/b28-12-. The number of thioether (sulfide) groups is 1. The summed E-state index contributed by atoms with van der Waals surface area (Å²) in [5, 5.41) is 23.9. The van der Waals surface area contributed by atoms with Crippen LogP contribution in [0.2, 0.25) is 5.02 Å². The zero-order valence-electron chi connectivity index (χ0n) is 18.2. The normalized spacial score (nSPS) is 11.2. The van der Waals surface area contributed by atoms with E-state index in [0.29, 0.717) is 26.0 Å². The van der Waals surface area contributed by atoms with Gasteiger partial charge in [0.2, 0.25) is 0 Å². The van der Waals surface area contributed by atoms with E-state index in [2.05, 4.69) is 52.6 Å². The van der Waals surface area contributed by atoms with E-state index in [1.54, 1.807) is 24.3 Å². The molecule has 0 bridgehead atoms. The number of amides is 1. The van der Waals surface area contributed by atoms with E-state index in [9.17, 15) is 9.90 Å². The summed E-state index contributed by atoms with van der Waals surface area (Å²) >= 11 is 13.9. The predicted octanol–water partition coefficient (Wildman–Crippen LogP) is 6.37. The quantitative estimate of drug-likeness (QED) is 0.140. The lowest BCUT2D eigenvalue weighted by molar-refractivity contribution is -0.118. The zero-order chi connectivity index (χ0) is 24.9. The highest BCUT2D eigenvalue weighted by Gasteiger charge is 2.17. The van der Waals surface area contributed by atoms with E-state index >= 15 is 0 Å². The van der Waals surface area contributed by atoms with Crippen molar-refractivity contribution in [3.8, 4) is 22.8 Å². The largest absolute Gasteiger partial charge is 0.506 e. The molecule has 0 aliphatic carbocycles. The maximum atomic E-state index is 12.4. The molecule has 1 amide bonds. The summed E-state index contributed by atoms with van der Waals surface area (Å²) in [4.78, 5) is 12.4. The number of nitrogens with one attached hydrogen (secondary N) is 1. The number of phenolic OH excluding ortho intramolecular Hbond substituents is 1. The Labute approximate surface area is 227 Å². The number of hydrazone groups is 1. The fourth-order valence-corrected chi connectivity index (χ4v) is 5.22. The summed E-state index contributed by atoms with van der Waals surface area (Å²) in [5.41, 5.74) is 5.78. The third kappa shape index (κ3) is 6.32. The lowest BCUT2D eigenvalue weighted by Crippen LogP contribution is -2.20. The third-order valence-corrected chi connectivity index (χ3v) is 7.05. The molecule has 0 aliphatic rings. The molecule has 35 heavy (non-hydrogen) atoms. The van der Waals surface area contributed by atoms with Crippen molar-refractivity contribution in [3.05, 3.63) is 85.8 Å². The van der Waals surface area contributed by atoms with E-state index in [1.165, 1.54) is 18.0 Å². The first-order valence-corrected chi connectivity index (χ1v) is 13.2. The van der Waals surface area contributed by atoms with Crippen LogP contribution in [0.3, 0.4) is 0 Å². The maximum Gasteiger partial charge on any atom is 0.250 e. The average Bonchev–Trinajstić information content (AvgIpc) is 3.25. The molecule has 3 aromatic carbocycles. The first-order chi connectivity index (χ1) is 16.8. The summed E-state index contributed by atoms with van der Waals surface area (Å²) in [6, 6.07) is 18.7. The molecular formula is C24H18Br2ClN5O2S. The molecule has 2 N–H and O–H groups in total. The van der Waals surface area contributed by atoms with E-state index in [0.717, 1.165) is 21.3 Å². The van der Waals surface area contributed by atoms with Gasteiger partial charge in [0.1, 0.15) is 5.75 Å². The van der Waals surface area contributed by atoms with E-state index in [-0.39, 0.29) is 17.4 Å². The van der Waals surface area contributed by atoms with Crippen LogP contribution in [0.5, 0.6) is 5.75 Å². The number of rotatable bonds is 7. The molecule has 0 spiro atoms. The molecule has 7 nitrogen and oxygen atoms in total. The number of hydrogen-bond donors (Lipinski definition) is 2. The molecule has 4 aromatic rings. The first kappa shape index (κ1) is 25.4. The van der Waals surface area contributed by atoms with Gasteiger partial charge in [0.05, 0.1) is 16.4 Å². The lowest BCUT2D eigenvalue weighted by atomic mass is 10.2. The van der Waals surface area contributed by atoms with Gasteiger partial charge in [-0.1, -0.05) is 57.0 Å². The van der Waals surface area contributed by atoms with Crippen molar-refractivity contribution in [1.82, 2.24) is 20.2 Å². The number of carbonyl (C=O) groups is 1. The smallest absolute Gasteiger partial charge is 0.250 e. The summed E-state index contributed by atoms with van der Waals surface area (Å²) in [7, 11) is 0. The Balaban J connectivity index is 1.51. The molecule has 1 aromatic heterocycles. The van der Waals surface area contributed by atoms with Crippen LogP contribution in [0.1, 0.15) is 11.1 Å². The van der Waals surface area contributed by atoms with Crippen molar-refractivity contribution >= 4 is 67.3 Å². The van der Waals surface area contributed by atoms with Gasteiger partial charge in [-0.3, -0.25) is 9.36 Å². The van der Waals surface area contributed by atoms with Gasteiger partial charge in [0.25, 0.3) is 5.91 Å². The van der Waals surface area contributed by atoms with Crippen molar-refractivity contribution in [2.75, 3.05) is 5.75 Å².